The number of aliphatic hydroxyl groups is 1. The maximum atomic E-state index is 10.1. The van der Waals surface area contributed by atoms with Gasteiger partial charge in [-0.05, 0) is 49.9 Å². The van der Waals surface area contributed by atoms with Crippen molar-refractivity contribution < 1.29 is 5.11 Å². The van der Waals surface area contributed by atoms with Crippen molar-refractivity contribution in [1.82, 2.24) is 10.3 Å². The normalized spacial score (nSPS) is 13.9. The Hall–Kier alpha value is -1.71. The van der Waals surface area contributed by atoms with Gasteiger partial charge in [0.2, 0.25) is 0 Å². The van der Waals surface area contributed by atoms with Gasteiger partial charge in [-0.25, -0.2) is 0 Å². The van der Waals surface area contributed by atoms with Crippen LogP contribution in [0.15, 0.2) is 48.8 Å². The highest BCUT2D eigenvalue weighted by molar-refractivity contribution is 5.21. The number of hydrogen-bond acceptors (Lipinski definition) is 3. The minimum Gasteiger partial charge on any atom is -0.387 e. The van der Waals surface area contributed by atoms with Crippen LogP contribution in [0.3, 0.4) is 0 Å². The number of pyridine rings is 1. The van der Waals surface area contributed by atoms with Crippen LogP contribution in [0.4, 0.5) is 0 Å². The second-order valence-corrected chi connectivity index (χ2v) is 5.63. The van der Waals surface area contributed by atoms with E-state index >= 15 is 0 Å². The van der Waals surface area contributed by atoms with Crippen LogP contribution in [0.5, 0.6) is 0 Å². The van der Waals surface area contributed by atoms with E-state index < -0.39 is 6.10 Å². The topological polar surface area (TPSA) is 45.1 Å². The van der Waals surface area contributed by atoms with E-state index in [2.05, 4.69) is 48.4 Å². The fourth-order valence-corrected chi connectivity index (χ4v) is 2.26. The Morgan fingerprint density at radius 1 is 1.10 bits per heavy atom. The highest BCUT2D eigenvalue weighted by Gasteiger charge is 2.09. The summed E-state index contributed by atoms with van der Waals surface area (Å²) < 4.78 is 0. The van der Waals surface area contributed by atoms with E-state index in [-0.39, 0.29) is 0 Å². The fraction of sp³-hybridized carbons (Fsp3) is 0.389. The molecule has 0 fully saturated rings. The maximum Gasteiger partial charge on any atom is 0.0915 e. The van der Waals surface area contributed by atoms with E-state index in [9.17, 15) is 5.11 Å². The summed E-state index contributed by atoms with van der Waals surface area (Å²) in [6.07, 6.45) is 5.06. The molecular weight excluding hydrogens is 260 g/mol. The third-order valence-electron chi connectivity index (χ3n) is 3.74. The first-order valence-corrected chi connectivity index (χ1v) is 7.52. The second-order valence-electron chi connectivity index (χ2n) is 5.63. The van der Waals surface area contributed by atoms with Crippen LogP contribution >= 0.6 is 0 Å². The van der Waals surface area contributed by atoms with Crippen LogP contribution in [0.1, 0.15) is 36.1 Å². The van der Waals surface area contributed by atoms with Crippen LogP contribution in [-0.4, -0.2) is 22.7 Å². The third-order valence-corrected chi connectivity index (χ3v) is 3.74. The lowest BCUT2D eigenvalue weighted by Crippen LogP contribution is -2.30. The molecule has 0 spiro atoms. The molecule has 1 aromatic heterocycles. The highest BCUT2D eigenvalue weighted by Crippen LogP contribution is 2.11. The minimum absolute atomic E-state index is 0.378. The quantitative estimate of drug-likeness (QED) is 0.821. The smallest absolute Gasteiger partial charge is 0.0915 e. The Balaban J connectivity index is 1.72. The van der Waals surface area contributed by atoms with E-state index in [0.29, 0.717) is 12.6 Å². The van der Waals surface area contributed by atoms with Crippen molar-refractivity contribution >= 4 is 0 Å². The third kappa shape index (κ3) is 5.29. The maximum absolute atomic E-state index is 10.1. The molecule has 1 aromatic carbocycles. The van der Waals surface area contributed by atoms with Crippen molar-refractivity contribution in [3.8, 4) is 0 Å². The number of nitrogens with one attached hydrogen (secondary N) is 1. The zero-order valence-corrected chi connectivity index (χ0v) is 12.8. The summed E-state index contributed by atoms with van der Waals surface area (Å²) >= 11 is 0. The molecule has 112 valence electrons. The first-order chi connectivity index (χ1) is 10.1. The van der Waals surface area contributed by atoms with Crippen LogP contribution < -0.4 is 5.32 Å². The average Bonchev–Trinajstić information content (AvgIpc) is 2.53. The molecule has 2 aromatic rings. The summed E-state index contributed by atoms with van der Waals surface area (Å²) in [5, 5.41) is 13.5. The van der Waals surface area contributed by atoms with Gasteiger partial charge in [0, 0.05) is 25.0 Å². The van der Waals surface area contributed by atoms with Crippen molar-refractivity contribution in [3.63, 3.8) is 0 Å². The Kier molecular flexibility index (Phi) is 5.90. The molecule has 0 aliphatic heterocycles. The first kappa shape index (κ1) is 15.7. The standard InChI is InChI=1S/C18H24N2O/c1-14-3-6-16(7-4-14)8-5-15(2)20-13-18(21)17-9-11-19-12-10-17/h3-4,6-7,9-12,15,18,20-21H,5,8,13H2,1-2H3. The van der Waals surface area contributed by atoms with E-state index in [1.165, 1.54) is 11.1 Å². The Morgan fingerprint density at radius 2 is 1.76 bits per heavy atom. The Labute approximate surface area is 127 Å². The van der Waals surface area contributed by atoms with Crippen LogP contribution in [0.25, 0.3) is 0 Å². The number of hydrogen-bond donors (Lipinski definition) is 2. The molecule has 0 saturated heterocycles. The molecular formula is C18H24N2O. The lowest BCUT2D eigenvalue weighted by atomic mass is 10.0. The molecule has 3 nitrogen and oxygen atoms in total. The largest absolute Gasteiger partial charge is 0.387 e. The molecule has 0 aliphatic rings. The van der Waals surface area contributed by atoms with Crippen molar-refractivity contribution in [2.75, 3.05) is 6.54 Å². The van der Waals surface area contributed by atoms with Gasteiger partial charge >= 0.3 is 0 Å². The summed E-state index contributed by atoms with van der Waals surface area (Å²) in [5.74, 6) is 0. The predicted molar refractivity (Wildman–Crippen MR) is 86.2 cm³/mol. The van der Waals surface area contributed by atoms with E-state index in [4.69, 9.17) is 0 Å². The molecule has 0 amide bonds. The van der Waals surface area contributed by atoms with Crippen molar-refractivity contribution in [2.45, 2.75) is 38.8 Å². The summed E-state index contributed by atoms with van der Waals surface area (Å²) in [4.78, 5) is 3.96. The Morgan fingerprint density at radius 3 is 2.43 bits per heavy atom. The molecule has 1 heterocycles. The molecule has 0 bridgehead atoms. The van der Waals surface area contributed by atoms with E-state index in [1.54, 1.807) is 12.4 Å². The van der Waals surface area contributed by atoms with Crippen molar-refractivity contribution in [2.24, 2.45) is 0 Å². The number of rotatable bonds is 7. The fourth-order valence-electron chi connectivity index (χ4n) is 2.26. The lowest BCUT2D eigenvalue weighted by molar-refractivity contribution is 0.170. The van der Waals surface area contributed by atoms with Gasteiger partial charge in [0.25, 0.3) is 0 Å². The molecule has 0 radical (unpaired) electrons. The number of aryl methyl sites for hydroxylation is 2. The summed E-state index contributed by atoms with van der Waals surface area (Å²) in [5.41, 5.74) is 3.57. The van der Waals surface area contributed by atoms with Gasteiger partial charge < -0.3 is 10.4 Å². The zero-order chi connectivity index (χ0) is 15.1. The first-order valence-electron chi connectivity index (χ1n) is 7.52. The molecule has 2 rings (SSSR count). The van der Waals surface area contributed by atoms with Gasteiger partial charge in [-0.15, -0.1) is 0 Å². The number of aromatic nitrogens is 1. The average molecular weight is 284 g/mol. The van der Waals surface area contributed by atoms with Gasteiger partial charge in [0.15, 0.2) is 0 Å². The Bertz CT molecular complexity index is 525. The number of benzene rings is 1. The predicted octanol–water partition coefficient (Wildman–Crippen LogP) is 3.03. The van der Waals surface area contributed by atoms with Crippen LogP contribution in [0.2, 0.25) is 0 Å². The molecule has 2 unspecified atom stereocenters. The molecule has 2 N–H and O–H groups in total. The van der Waals surface area contributed by atoms with Gasteiger partial charge in [-0.2, -0.15) is 0 Å². The van der Waals surface area contributed by atoms with E-state index in [0.717, 1.165) is 18.4 Å². The van der Waals surface area contributed by atoms with Gasteiger partial charge in [-0.3, -0.25) is 4.98 Å². The van der Waals surface area contributed by atoms with Crippen molar-refractivity contribution in [1.29, 1.82) is 0 Å². The summed E-state index contributed by atoms with van der Waals surface area (Å²) in [6.45, 7) is 4.83. The SMILES string of the molecule is Cc1ccc(CCC(C)NCC(O)c2ccncc2)cc1. The van der Waals surface area contributed by atoms with E-state index in [1.807, 2.05) is 12.1 Å². The van der Waals surface area contributed by atoms with Gasteiger partial charge in [0.05, 0.1) is 6.10 Å². The van der Waals surface area contributed by atoms with Crippen molar-refractivity contribution in [3.05, 3.63) is 65.5 Å². The van der Waals surface area contributed by atoms with Gasteiger partial charge in [-0.1, -0.05) is 29.8 Å². The monoisotopic (exact) mass is 284 g/mol. The molecule has 21 heavy (non-hydrogen) atoms. The molecule has 3 heteroatoms. The summed E-state index contributed by atoms with van der Waals surface area (Å²) in [7, 11) is 0. The van der Waals surface area contributed by atoms with Crippen LogP contribution in [-0.2, 0) is 6.42 Å². The number of aliphatic hydroxyl groups excluding tert-OH is 1. The molecule has 0 aliphatic carbocycles. The van der Waals surface area contributed by atoms with Gasteiger partial charge in [0.1, 0.15) is 0 Å². The lowest BCUT2D eigenvalue weighted by Gasteiger charge is -2.17. The molecule has 0 saturated carbocycles. The zero-order valence-electron chi connectivity index (χ0n) is 12.8. The molecule has 2 atom stereocenters. The second kappa shape index (κ2) is 7.91. The van der Waals surface area contributed by atoms with Crippen LogP contribution in [0, 0.1) is 6.92 Å². The summed E-state index contributed by atoms with van der Waals surface area (Å²) in [6, 6.07) is 12.8. The minimum atomic E-state index is -0.477. The number of nitrogens with zero attached hydrogens (tertiary/aromatic N) is 1. The highest BCUT2D eigenvalue weighted by atomic mass is 16.3.